The number of hydrogen-bond donors (Lipinski definition) is 0. The van der Waals surface area contributed by atoms with E-state index in [2.05, 4.69) is 4.18 Å². The molecule has 0 aliphatic rings. The summed E-state index contributed by atoms with van der Waals surface area (Å²) in [4.78, 5) is 0. The van der Waals surface area contributed by atoms with Gasteiger partial charge in [0.2, 0.25) is 0 Å². The summed E-state index contributed by atoms with van der Waals surface area (Å²) >= 11 is 0. The average Bonchev–Trinajstić information content (AvgIpc) is 2.61. The Hall–Kier alpha value is -2.94. The summed E-state index contributed by atoms with van der Waals surface area (Å²) in [6.45, 7) is 0. The van der Waals surface area contributed by atoms with Gasteiger partial charge in [0.05, 0.1) is 5.75 Å². The third-order valence-corrected chi connectivity index (χ3v) is 4.79. The highest BCUT2D eigenvalue weighted by Crippen LogP contribution is 2.43. The van der Waals surface area contributed by atoms with Crippen LogP contribution in [0.4, 0.5) is 26.3 Å². The number of rotatable bonds is 7. The summed E-state index contributed by atoms with van der Waals surface area (Å²) in [5.41, 5.74) is -2.74. The zero-order chi connectivity index (χ0) is 22.6. The van der Waals surface area contributed by atoms with Gasteiger partial charge in [0, 0.05) is 6.42 Å². The third-order valence-electron chi connectivity index (χ3n) is 3.57. The first-order valence-corrected chi connectivity index (χ1v) is 9.76. The highest BCUT2D eigenvalue weighted by Gasteiger charge is 2.40. The molecule has 2 rings (SSSR count). The normalized spacial score (nSPS) is 12.3. The summed E-state index contributed by atoms with van der Waals surface area (Å²) in [5, 5.41) is 9.20. The van der Waals surface area contributed by atoms with E-state index in [9.17, 15) is 40.0 Å². The molecule has 0 heterocycles. The molecule has 0 aromatic heterocycles. The second-order valence-electron chi connectivity index (χ2n) is 5.90. The van der Waals surface area contributed by atoms with Gasteiger partial charge in [-0.2, -0.15) is 40.0 Å². The van der Waals surface area contributed by atoms with E-state index in [0.717, 1.165) is 12.1 Å². The first kappa shape index (κ1) is 23.3. The largest absolute Gasteiger partial charge is 0.457 e. The number of nitriles is 1. The van der Waals surface area contributed by atoms with E-state index in [0.29, 0.717) is 0 Å². The maximum Gasteiger partial charge on any atom is 0.421 e. The first-order chi connectivity index (χ1) is 13.8. The van der Waals surface area contributed by atoms with Crippen molar-refractivity contribution in [3.8, 4) is 23.3 Å². The van der Waals surface area contributed by atoms with Gasteiger partial charge in [-0.1, -0.05) is 18.2 Å². The summed E-state index contributed by atoms with van der Waals surface area (Å²) in [6.07, 6.45) is -12.0. The Morgan fingerprint density at radius 2 is 1.53 bits per heavy atom. The third kappa shape index (κ3) is 6.55. The molecule has 162 valence electrons. The minimum absolute atomic E-state index is 0.0281. The lowest BCUT2D eigenvalue weighted by Gasteiger charge is -2.17. The van der Waals surface area contributed by atoms with Crippen LogP contribution in [0.5, 0.6) is 17.2 Å². The topological polar surface area (TPSA) is 76.4 Å². The van der Waals surface area contributed by atoms with Crippen LogP contribution in [-0.4, -0.2) is 20.3 Å². The maximum atomic E-state index is 13.6. The Labute approximate surface area is 167 Å². The summed E-state index contributed by atoms with van der Waals surface area (Å²) in [5.74, 6) is -2.80. The molecule has 0 amide bonds. The van der Waals surface area contributed by atoms with E-state index < -0.39 is 63.7 Å². The predicted molar refractivity (Wildman–Crippen MR) is 92.4 cm³/mol. The van der Waals surface area contributed by atoms with E-state index in [1.165, 1.54) is 30.3 Å². The number of benzene rings is 2. The fraction of sp³-hybridized carbons (Fsp3) is 0.278. The van der Waals surface area contributed by atoms with E-state index in [-0.39, 0.29) is 5.75 Å². The van der Waals surface area contributed by atoms with Gasteiger partial charge in [0.1, 0.15) is 28.7 Å². The minimum Gasteiger partial charge on any atom is -0.457 e. The van der Waals surface area contributed by atoms with Gasteiger partial charge < -0.3 is 8.92 Å². The molecule has 0 saturated heterocycles. The van der Waals surface area contributed by atoms with E-state index >= 15 is 0 Å². The number of para-hydroxylation sites is 1. The molecule has 2 aromatic rings. The minimum atomic E-state index is -5.12. The van der Waals surface area contributed by atoms with Crippen molar-refractivity contribution in [2.24, 2.45) is 0 Å². The Balaban J connectivity index is 2.39. The summed E-state index contributed by atoms with van der Waals surface area (Å²) in [6, 6.07) is 10.1. The number of ether oxygens (including phenoxy) is 1. The van der Waals surface area contributed by atoms with Crippen molar-refractivity contribution in [3.05, 3.63) is 53.6 Å². The standard InChI is InChI=1S/C18H13F6NO4S/c19-17(20,21)9-4-10-30(26,27)29-14-7-8-15(28-12-5-2-1-3-6-12)16(13(14)11-25)18(22,23)24/h1-3,5-8H,4,9-10H2. The van der Waals surface area contributed by atoms with Crippen LogP contribution in [0.2, 0.25) is 0 Å². The van der Waals surface area contributed by atoms with Gasteiger partial charge in [0.25, 0.3) is 0 Å². The molecule has 12 heteroatoms. The molecule has 0 radical (unpaired) electrons. The zero-order valence-corrected chi connectivity index (χ0v) is 15.7. The molecule has 30 heavy (non-hydrogen) atoms. The molecular weight excluding hydrogens is 440 g/mol. The molecule has 0 aliphatic heterocycles. The lowest BCUT2D eigenvalue weighted by atomic mass is 10.1. The number of hydrogen-bond acceptors (Lipinski definition) is 5. The van der Waals surface area contributed by atoms with Crippen molar-refractivity contribution < 1.29 is 43.7 Å². The maximum absolute atomic E-state index is 13.6. The second kappa shape index (κ2) is 8.83. The highest BCUT2D eigenvalue weighted by molar-refractivity contribution is 7.87. The summed E-state index contributed by atoms with van der Waals surface area (Å²) in [7, 11) is -4.68. The lowest BCUT2D eigenvalue weighted by Crippen LogP contribution is -2.18. The first-order valence-electron chi connectivity index (χ1n) is 8.18. The Morgan fingerprint density at radius 1 is 0.933 bits per heavy atom. The molecule has 0 fully saturated rings. The Morgan fingerprint density at radius 3 is 2.07 bits per heavy atom. The van der Waals surface area contributed by atoms with Gasteiger partial charge >= 0.3 is 22.5 Å². The highest BCUT2D eigenvalue weighted by atomic mass is 32.2. The quantitative estimate of drug-likeness (QED) is 0.413. The number of alkyl halides is 6. The fourth-order valence-corrected chi connectivity index (χ4v) is 3.35. The SMILES string of the molecule is N#Cc1c(OS(=O)(=O)CCCC(F)(F)F)ccc(Oc2ccccc2)c1C(F)(F)F. The molecule has 0 spiro atoms. The van der Waals surface area contributed by atoms with Crippen molar-refractivity contribution in [2.45, 2.75) is 25.2 Å². The molecule has 0 N–H and O–H groups in total. The van der Waals surface area contributed by atoms with E-state index in [1.807, 2.05) is 0 Å². The molecule has 0 unspecified atom stereocenters. The van der Waals surface area contributed by atoms with Gasteiger partial charge in [0.15, 0.2) is 5.75 Å². The van der Waals surface area contributed by atoms with Crippen molar-refractivity contribution >= 4 is 10.1 Å². The average molecular weight is 453 g/mol. The molecule has 0 aliphatic carbocycles. The van der Waals surface area contributed by atoms with Crippen LogP contribution in [0, 0.1) is 11.3 Å². The Bertz CT molecular complexity index is 1030. The van der Waals surface area contributed by atoms with Crippen LogP contribution in [0.25, 0.3) is 0 Å². The van der Waals surface area contributed by atoms with Crippen LogP contribution in [-0.2, 0) is 16.3 Å². The van der Waals surface area contributed by atoms with Gasteiger partial charge in [-0.15, -0.1) is 0 Å². The van der Waals surface area contributed by atoms with E-state index in [4.69, 9.17) is 4.74 Å². The molecular formula is C18H13F6NO4S. The monoisotopic (exact) mass is 453 g/mol. The predicted octanol–water partition coefficient (Wildman–Crippen LogP) is 5.42. The Kier molecular flexibility index (Phi) is 6.87. The fourth-order valence-electron chi connectivity index (χ4n) is 2.35. The van der Waals surface area contributed by atoms with Crippen LogP contribution >= 0.6 is 0 Å². The van der Waals surface area contributed by atoms with Crippen LogP contribution in [0.1, 0.15) is 24.0 Å². The summed E-state index contributed by atoms with van der Waals surface area (Å²) < 4.78 is 111. The van der Waals surface area contributed by atoms with Crippen molar-refractivity contribution in [1.82, 2.24) is 0 Å². The zero-order valence-electron chi connectivity index (χ0n) is 14.9. The van der Waals surface area contributed by atoms with Crippen molar-refractivity contribution in [2.75, 3.05) is 5.75 Å². The second-order valence-corrected chi connectivity index (χ2v) is 7.59. The molecule has 2 aromatic carbocycles. The number of nitrogens with zero attached hydrogens (tertiary/aromatic N) is 1. The molecule has 0 bridgehead atoms. The van der Waals surface area contributed by atoms with Crippen molar-refractivity contribution in [3.63, 3.8) is 0 Å². The van der Waals surface area contributed by atoms with Crippen LogP contribution in [0.3, 0.4) is 0 Å². The van der Waals surface area contributed by atoms with Gasteiger partial charge in [-0.3, -0.25) is 0 Å². The lowest BCUT2D eigenvalue weighted by molar-refractivity contribution is -0.139. The van der Waals surface area contributed by atoms with Crippen LogP contribution in [0.15, 0.2) is 42.5 Å². The molecule has 5 nitrogen and oxygen atoms in total. The van der Waals surface area contributed by atoms with Crippen LogP contribution < -0.4 is 8.92 Å². The molecule has 0 saturated carbocycles. The smallest absolute Gasteiger partial charge is 0.421 e. The molecule has 0 atom stereocenters. The van der Waals surface area contributed by atoms with Gasteiger partial charge in [-0.25, -0.2) is 0 Å². The van der Waals surface area contributed by atoms with E-state index in [1.54, 1.807) is 6.07 Å². The van der Waals surface area contributed by atoms with Crippen molar-refractivity contribution in [1.29, 1.82) is 5.26 Å². The number of halogens is 6. The van der Waals surface area contributed by atoms with Gasteiger partial charge in [-0.05, 0) is 30.7 Å².